The van der Waals surface area contributed by atoms with Crippen LogP contribution in [0.25, 0.3) is 0 Å². The zero-order valence-electron chi connectivity index (χ0n) is 23.2. The summed E-state index contributed by atoms with van der Waals surface area (Å²) in [4.78, 5) is 9.35. The average molecular weight is 547 g/mol. The van der Waals surface area contributed by atoms with E-state index in [4.69, 9.17) is 9.47 Å². The largest absolute Gasteiger partial charge is 0.491 e. The molecule has 40 heavy (non-hydrogen) atoms. The van der Waals surface area contributed by atoms with Gasteiger partial charge in [-0.15, -0.1) is 0 Å². The van der Waals surface area contributed by atoms with E-state index in [-0.39, 0.29) is 13.2 Å². The summed E-state index contributed by atoms with van der Waals surface area (Å²) in [5.41, 5.74) is 2.51. The Morgan fingerprint density at radius 2 is 0.850 bits per heavy atom. The molecule has 2 fully saturated rings. The second kappa shape index (κ2) is 14.4. The fourth-order valence-corrected chi connectivity index (χ4v) is 5.37. The molecule has 0 saturated carbocycles. The maximum atomic E-state index is 10.5. The first-order chi connectivity index (χ1) is 19.6. The van der Waals surface area contributed by atoms with Crippen LogP contribution >= 0.6 is 0 Å². The highest BCUT2D eigenvalue weighted by Crippen LogP contribution is 2.20. The molecule has 0 bridgehead atoms. The maximum Gasteiger partial charge on any atom is 0.119 e. The van der Waals surface area contributed by atoms with Gasteiger partial charge in [-0.25, -0.2) is 0 Å². The van der Waals surface area contributed by atoms with Crippen LogP contribution in [0.15, 0.2) is 84.9 Å². The Hall–Kier alpha value is -3.30. The lowest BCUT2D eigenvalue weighted by Crippen LogP contribution is -2.49. The molecule has 2 atom stereocenters. The first-order valence-corrected chi connectivity index (χ1v) is 14.4. The molecule has 2 heterocycles. The van der Waals surface area contributed by atoms with Crippen molar-refractivity contribution < 1.29 is 19.7 Å². The third kappa shape index (κ3) is 8.35. The first-order valence-electron chi connectivity index (χ1n) is 14.4. The van der Waals surface area contributed by atoms with Gasteiger partial charge in [0.1, 0.15) is 36.9 Å². The quantitative estimate of drug-likeness (QED) is 0.360. The third-order valence-electron chi connectivity index (χ3n) is 7.63. The third-order valence-corrected chi connectivity index (χ3v) is 7.63. The highest BCUT2D eigenvalue weighted by atomic mass is 16.5. The lowest BCUT2D eigenvalue weighted by molar-refractivity contribution is 0.0650. The van der Waals surface area contributed by atoms with Crippen LogP contribution in [0.4, 0.5) is 11.4 Å². The van der Waals surface area contributed by atoms with Crippen LogP contribution < -0.4 is 19.3 Å². The molecule has 5 rings (SSSR count). The minimum Gasteiger partial charge on any atom is -0.491 e. The van der Waals surface area contributed by atoms with Gasteiger partial charge in [-0.3, -0.25) is 9.80 Å². The van der Waals surface area contributed by atoms with Crippen molar-refractivity contribution in [1.29, 1.82) is 0 Å². The van der Waals surface area contributed by atoms with Gasteiger partial charge in [0.05, 0.1) is 0 Å². The Kier molecular flexibility index (Phi) is 10.1. The van der Waals surface area contributed by atoms with Crippen LogP contribution in [0.1, 0.15) is 0 Å². The van der Waals surface area contributed by atoms with E-state index in [0.29, 0.717) is 24.6 Å². The van der Waals surface area contributed by atoms with Gasteiger partial charge in [-0.2, -0.15) is 0 Å². The van der Waals surface area contributed by atoms with Gasteiger partial charge in [0.25, 0.3) is 0 Å². The van der Waals surface area contributed by atoms with Gasteiger partial charge < -0.3 is 29.5 Å². The molecule has 0 amide bonds. The molecule has 0 radical (unpaired) electrons. The van der Waals surface area contributed by atoms with Gasteiger partial charge in [0, 0.05) is 76.8 Å². The van der Waals surface area contributed by atoms with Crippen molar-refractivity contribution in [2.45, 2.75) is 12.2 Å². The minimum absolute atomic E-state index is 0.245. The van der Waals surface area contributed by atoms with E-state index in [9.17, 15) is 10.2 Å². The van der Waals surface area contributed by atoms with Crippen molar-refractivity contribution >= 4 is 11.4 Å². The summed E-state index contributed by atoms with van der Waals surface area (Å²) in [5, 5.41) is 21.0. The number of ether oxygens (including phenoxy) is 2. The Labute approximate surface area is 237 Å². The van der Waals surface area contributed by atoms with Crippen molar-refractivity contribution in [2.24, 2.45) is 0 Å². The van der Waals surface area contributed by atoms with Crippen molar-refractivity contribution in [3.63, 3.8) is 0 Å². The molecule has 0 spiro atoms. The molecule has 214 valence electrons. The Morgan fingerprint density at radius 3 is 1.20 bits per heavy atom. The van der Waals surface area contributed by atoms with Crippen LogP contribution in [0.2, 0.25) is 0 Å². The highest BCUT2D eigenvalue weighted by molar-refractivity contribution is 5.47. The van der Waals surface area contributed by atoms with E-state index >= 15 is 0 Å². The van der Waals surface area contributed by atoms with Crippen LogP contribution in [0, 0.1) is 0 Å². The van der Waals surface area contributed by atoms with Crippen molar-refractivity contribution in [3.05, 3.63) is 84.9 Å². The molecule has 0 unspecified atom stereocenters. The van der Waals surface area contributed by atoms with Crippen LogP contribution in [-0.4, -0.2) is 111 Å². The molecular weight excluding hydrogens is 504 g/mol. The zero-order valence-corrected chi connectivity index (χ0v) is 23.2. The molecule has 3 aromatic carbocycles. The lowest BCUT2D eigenvalue weighted by Gasteiger charge is -2.36. The summed E-state index contributed by atoms with van der Waals surface area (Å²) in [6.45, 7) is 9.22. The predicted octanol–water partition coefficient (Wildman–Crippen LogP) is 2.81. The molecule has 3 aromatic rings. The summed E-state index contributed by atoms with van der Waals surface area (Å²) in [6, 6.07) is 28.3. The smallest absolute Gasteiger partial charge is 0.119 e. The predicted molar refractivity (Wildman–Crippen MR) is 160 cm³/mol. The van der Waals surface area contributed by atoms with Gasteiger partial charge in [-0.1, -0.05) is 36.4 Å². The fourth-order valence-electron chi connectivity index (χ4n) is 5.37. The topological polar surface area (TPSA) is 71.9 Å². The van der Waals surface area contributed by atoms with E-state index in [1.807, 2.05) is 36.4 Å². The van der Waals surface area contributed by atoms with Gasteiger partial charge >= 0.3 is 0 Å². The lowest BCUT2D eigenvalue weighted by atomic mass is 10.2. The van der Waals surface area contributed by atoms with Crippen LogP contribution in [0.5, 0.6) is 11.5 Å². The van der Waals surface area contributed by atoms with Crippen molar-refractivity contribution in [1.82, 2.24) is 9.80 Å². The van der Waals surface area contributed by atoms with E-state index in [2.05, 4.69) is 68.1 Å². The molecule has 8 heteroatoms. The highest BCUT2D eigenvalue weighted by Gasteiger charge is 2.21. The number of aliphatic hydroxyl groups excluding tert-OH is 2. The number of aliphatic hydroxyl groups is 2. The zero-order chi connectivity index (χ0) is 27.6. The monoisotopic (exact) mass is 546 g/mol. The molecule has 2 aliphatic heterocycles. The Balaban J connectivity index is 0.952. The van der Waals surface area contributed by atoms with E-state index in [0.717, 1.165) is 52.4 Å². The second-order valence-corrected chi connectivity index (χ2v) is 10.6. The molecule has 2 N–H and O–H groups in total. The number of piperazine rings is 2. The minimum atomic E-state index is -0.552. The summed E-state index contributed by atoms with van der Waals surface area (Å²) in [5.74, 6) is 1.38. The molecule has 8 nitrogen and oxygen atoms in total. The molecule has 2 saturated heterocycles. The van der Waals surface area contributed by atoms with E-state index < -0.39 is 12.2 Å². The van der Waals surface area contributed by atoms with Crippen molar-refractivity contribution in [2.75, 3.05) is 88.5 Å². The summed E-state index contributed by atoms with van der Waals surface area (Å²) in [6.07, 6.45) is -1.10. The van der Waals surface area contributed by atoms with E-state index in [1.54, 1.807) is 0 Å². The molecule has 0 aliphatic carbocycles. The number of para-hydroxylation sites is 2. The average Bonchev–Trinajstić information content (AvgIpc) is 3.01. The molecule has 0 aromatic heterocycles. The number of nitrogens with zero attached hydrogens (tertiary/aromatic N) is 4. The van der Waals surface area contributed by atoms with E-state index in [1.165, 1.54) is 11.4 Å². The number of β-amino-alcohol motifs (C(OH)–C–C–N with tert-alkyl or cyclic N) is 2. The number of hydrogen-bond acceptors (Lipinski definition) is 8. The fraction of sp³-hybridized carbons (Fsp3) is 0.438. The van der Waals surface area contributed by atoms with Gasteiger partial charge in [0.15, 0.2) is 0 Å². The second-order valence-electron chi connectivity index (χ2n) is 10.6. The number of rotatable bonds is 12. The standard InChI is InChI=1S/C32H42N4O4/c37-29(23-33-15-19-35(20-16-33)27-7-3-1-4-8-27)25-39-31-11-13-32(14-12-31)40-26-30(38)24-34-17-21-36(22-18-34)28-9-5-2-6-10-28/h1-14,29-30,37-38H,15-26H2/t29-,30-/m1/s1. The number of benzene rings is 3. The van der Waals surface area contributed by atoms with Crippen LogP contribution in [-0.2, 0) is 0 Å². The van der Waals surface area contributed by atoms with Gasteiger partial charge in [0.2, 0.25) is 0 Å². The molecular formula is C32H42N4O4. The van der Waals surface area contributed by atoms with Crippen LogP contribution in [0.3, 0.4) is 0 Å². The Morgan fingerprint density at radius 1 is 0.500 bits per heavy atom. The van der Waals surface area contributed by atoms with Gasteiger partial charge in [-0.05, 0) is 48.5 Å². The first kappa shape index (κ1) is 28.2. The maximum absolute atomic E-state index is 10.5. The SMILES string of the molecule is O[C@@H](COc1ccc(OC[C@H](O)CN2CCN(c3ccccc3)CC2)cc1)CN1CCN(c2ccccc2)CC1. The number of hydrogen-bond donors (Lipinski definition) is 2. The summed E-state index contributed by atoms with van der Waals surface area (Å²) >= 11 is 0. The normalized spacial score (nSPS) is 18.4. The summed E-state index contributed by atoms with van der Waals surface area (Å²) < 4.78 is 11.6. The summed E-state index contributed by atoms with van der Waals surface area (Å²) in [7, 11) is 0. The van der Waals surface area contributed by atoms with Crippen molar-refractivity contribution in [3.8, 4) is 11.5 Å². The molecule has 2 aliphatic rings. The number of anilines is 2. The Bertz CT molecular complexity index is 1030.